The van der Waals surface area contributed by atoms with Gasteiger partial charge in [-0.15, -0.1) is 11.3 Å². The Hall–Kier alpha value is -3.13. The maximum absolute atomic E-state index is 12.7. The molecule has 1 fully saturated rings. The second-order valence-corrected chi connectivity index (χ2v) is 7.69. The van der Waals surface area contributed by atoms with E-state index in [0.717, 1.165) is 36.5 Å². The number of nitrogens with zero attached hydrogens (tertiary/aromatic N) is 3. The van der Waals surface area contributed by atoms with Crippen molar-refractivity contribution in [3.8, 4) is 22.1 Å². The Morgan fingerprint density at radius 2 is 1.97 bits per heavy atom. The number of thiazole rings is 1. The van der Waals surface area contributed by atoms with Crippen LogP contribution in [0.25, 0.3) is 10.6 Å². The Morgan fingerprint density at radius 3 is 2.73 bits per heavy atom. The van der Waals surface area contributed by atoms with Crippen LogP contribution in [0.1, 0.15) is 28.9 Å². The van der Waals surface area contributed by atoms with E-state index >= 15 is 0 Å². The standard InChI is InChI=1S/C22H23N3O4S/c1-27-18-9-5-7-16(19(18)28-2)21-24-15(14-30-21)13-29-22(26)17-8-6-10-23-20(17)25-11-3-4-12-25/h5-10,14H,3-4,11-13H2,1-2H3. The lowest BCUT2D eigenvalue weighted by atomic mass is 10.2. The number of methoxy groups -OCH3 is 2. The van der Waals surface area contributed by atoms with Gasteiger partial charge in [0.25, 0.3) is 0 Å². The normalized spacial score (nSPS) is 13.3. The molecule has 0 N–H and O–H groups in total. The zero-order chi connectivity index (χ0) is 20.9. The first kappa shape index (κ1) is 20.2. The number of aromatic nitrogens is 2. The molecule has 1 aliphatic rings. The molecule has 0 aliphatic carbocycles. The van der Waals surface area contributed by atoms with Gasteiger partial charge in [-0.25, -0.2) is 14.8 Å². The Balaban J connectivity index is 1.48. The topological polar surface area (TPSA) is 73.8 Å². The molecule has 1 aromatic carbocycles. The van der Waals surface area contributed by atoms with Gasteiger partial charge in [0.05, 0.1) is 25.5 Å². The highest BCUT2D eigenvalue weighted by Gasteiger charge is 2.22. The summed E-state index contributed by atoms with van der Waals surface area (Å²) in [5.74, 6) is 1.58. The predicted octanol–water partition coefficient (Wildman–Crippen LogP) is 4.18. The monoisotopic (exact) mass is 425 g/mol. The summed E-state index contributed by atoms with van der Waals surface area (Å²) in [5, 5.41) is 2.66. The molecule has 4 rings (SSSR count). The van der Waals surface area contributed by atoms with Crippen LogP contribution in [0.5, 0.6) is 11.5 Å². The van der Waals surface area contributed by atoms with Crippen molar-refractivity contribution in [3.05, 3.63) is 53.2 Å². The highest BCUT2D eigenvalue weighted by Crippen LogP contribution is 2.39. The van der Waals surface area contributed by atoms with Gasteiger partial charge >= 0.3 is 5.97 Å². The summed E-state index contributed by atoms with van der Waals surface area (Å²) in [7, 11) is 3.20. The van der Waals surface area contributed by atoms with Crippen molar-refractivity contribution < 1.29 is 19.0 Å². The molecule has 0 spiro atoms. The van der Waals surface area contributed by atoms with Crippen LogP contribution in [0.4, 0.5) is 5.82 Å². The van der Waals surface area contributed by atoms with E-state index in [4.69, 9.17) is 14.2 Å². The number of carbonyl (C=O) groups is 1. The van der Waals surface area contributed by atoms with Crippen molar-refractivity contribution in [2.24, 2.45) is 0 Å². The maximum atomic E-state index is 12.7. The number of carbonyl (C=O) groups excluding carboxylic acids is 1. The SMILES string of the molecule is COc1cccc(-c2nc(COC(=O)c3cccnc3N3CCCC3)cs2)c1OC. The summed E-state index contributed by atoms with van der Waals surface area (Å²) in [6.45, 7) is 1.92. The van der Waals surface area contributed by atoms with Crippen LogP contribution in [-0.2, 0) is 11.3 Å². The number of rotatable bonds is 7. The van der Waals surface area contributed by atoms with Crippen LogP contribution in [0.15, 0.2) is 41.9 Å². The van der Waals surface area contributed by atoms with Crippen LogP contribution in [0, 0.1) is 0 Å². The van der Waals surface area contributed by atoms with Crippen molar-refractivity contribution >= 4 is 23.1 Å². The summed E-state index contributed by atoms with van der Waals surface area (Å²) in [6, 6.07) is 9.17. The molecular weight excluding hydrogens is 402 g/mol. The van der Waals surface area contributed by atoms with Crippen LogP contribution >= 0.6 is 11.3 Å². The average Bonchev–Trinajstić information content (AvgIpc) is 3.49. The number of esters is 1. The maximum Gasteiger partial charge on any atom is 0.342 e. The first-order valence-electron chi connectivity index (χ1n) is 9.74. The summed E-state index contributed by atoms with van der Waals surface area (Å²) >= 11 is 1.46. The second-order valence-electron chi connectivity index (χ2n) is 6.83. The van der Waals surface area contributed by atoms with E-state index in [0.29, 0.717) is 28.6 Å². The van der Waals surface area contributed by atoms with Gasteiger partial charge in [-0.2, -0.15) is 0 Å². The number of benzene rings is 1. The smallest absolute Gasteiger partial charge is 0.342 e. The van der Waals surface area contributed by atoms with Crippen molar-refractivity contribution in [2.45, 2.75) is 19.4 Å². The lowest BCUT2D eigenvalue weighted by Gasteiger charge is -2.18. The van der Waals surface area contributed by atoms with Gasteiger partial charge in [0.2, 0.25) is 0 Å². The Labute approximate surface area is 179 Å². The fraction of sp³-hybridized carbons (Fsp3) is 0.318. The molecule has 156 valence electrons. The molecule has 1 saturated heterocycles. The minimum absolute atomic E-state index is 0.0932. The van der Waals surface area contributed by atoms with Crippen molar-refractivity contribution in [2.75, 3.05) is 32.2 Å². The number of hydrogen-bond donors (Lipinski definition) is 0. The third-order valence-electron chi connectivity index (χ3n) is 4.95. The van der Waals surface area contributed by atoms with Crippen molar-refractivity contribution in [1.29, 1.82) is 0 Å². The first-order valence-corrected chi connectivity index (χ1v) is 10.6. The number of anilines is 1. The lowest BCUT2D eigenvalue weighted by Crippen LogP contribution is -2.22. The van der Waals surface area contributed by atoms with E-state index in [9.17, 15) is 4.79 Å². The number of para-hydroxylation sites is 1. The van der Waals surface area contributed by atoms with Gasteiger partial charge in [0.15, 0.2) is 11.5 Å². The van der Waals surface area contributed by atoms with Crippen LogP contribution < -0.4 is 14.4 Å². The van der Waals surface area contributed by atoms with Crippen LogP contribution in [-0.4, -0.2) is 43.2 Å². The van der Waals surface area contributed by atoms with Crippen molar-refractivity contribution in [3.63, 3.8) is 0 Å². The Morgan fingerprint density at radius 1 is 1.13 bits per heavy atom. The first-order chi connectivity index (χ1) is 14.7. The van der Waals surface area contributed by atoms with E-state index in [1.54, 1.807) is 32.5 Å². The molecule has 0 bridgehead atoms. The van der Waals surface area contributed by atoms with Gasteiger partial charge in [0.1, 0.15) is 23.0 Å². The van der Waals surface area contributed by atoms with E-state index in [1.807, 2.05) is 23.6 Å². The van der Waals surface area contributed by atoms with E-state index in [2.05, 4.69) is 14.9 Å². The molecule has 8 heteroatoms. The largest absolute Gasteiger partial charge is 0.493 e. The molecule has 1 aliphatic heterocycles. The molecular formula is C22H23N3O4S. The minimum atomic E-state index is -0.390. The summed E-state index contributed by atoms with van der Waals surface area (Å²) < 4.78 is 16.4. The molecule has 2 aromatic heterocycles. The van der Waals surface area contributed by atoms with E-state index < -0.39 is 5.97 Å². The Bertz CT molecular complexity index is 1030. The lowest BCUT2D eigenvalue weighted by molar-refractivity contribution is 0.0469. The molecule has 0 saturated carbocycles. The van der Waals surface area contributed by atoms with Crippen LogP contribution in [0.2, 0.25) is 0 Å². The highest BCUT2D eigenvalue weighted by atomic mass is 32.1. The molecule has 7 nitrogen and oxygen atoms in total. The molecule has 3 heterocycles. The minimum Gasteiger partial charge on any atom is -0.493 e. The van der Waals surface area contributed by atoms with Gasteiger partial charge in [-0.05, 0) is 37.1 Å². The summed E-state index contributed by atoms with van der Waals surface area (Å²) in [6.07, 6.45) is 3.93. The molecule has 0 amide bonds. The zero-order valence-electron chi connectivity index (χ0n) is 17.0. The summed E-state index contributed by atoms with van der Waals surface area (Å²) in [5.41, 5.74) is 2.01. The van der Waals surface area contributed by atoms with Crippen LogP contribution in [0.3, 0.4) is 0 Å². The van der Waals surface area contributed by atoms with Gasteiger partial charge < -0.3 is 19.1 Å². The number of hydrogen-bond acceptors (Lipinski definition) is 8. The van der Waals surface area contributed by atoms with Gasteiger partial charge in [0, 0.05) is 24.7 Å². The zero-order valence-corrected chi connectivity index (χ0v) is 17.8. The summed E-state index contributed by atoms with van der Waals surface area (Å²) in [4.78, 5) is 23.8. The molecule has 0 atom stereocenters. The van der Waals surface area contributed by atoms with E-state index in [-0.39, 0.29) is 6.61 Å². The van der Waals surface area contributed by atoms with Crippen molar-refractivity contribution in [1.82, 2.24) is 9.97 Å². The predicted molar refractivity (Wildman–Crippen MR) is 115 cm³/mol. The fourth-order valence-corrected chi connectivity index (χ4v) is 4.33. The average molecular weight is 426 g/mol. The van der Waals surface area contributed by atoms with E-state index in [1.165, 1.54) is 11.3 Å². The second kappa shape index (κ2) is 9.13. The number of pyridine rings is 1. The highest BCUT2D eigenvalue weighted by molar-refractivity contribution is 7.13. The number of ether oxygens (including phenoxy) is 3. The van der Waals surface area contributed by atoms with Gasteiger partial charge in [-0.1, -0.05) is 6.07 Å². The fourth-order valence-electron chi connectivity index (χ4n) is 3.51. The molecule has 30 heavy (non-hydrogen) atoms. The molecule has 3 aromatic rings. The van der Waals surface area contributed by atoms with Gasteiger partial charge in [-0.3, -0.25) is 0 Å². The third kappa shape index (κ3) is 4.09. The third-order valence-corrected chi connectivity index (χ3v) is 5.87. The molecule has 0 radical (unpaired) electrons. The molecule has 0 unspecified atom stereocenters. The Kier molecular flexibility index (Phi) is 6.13. The quantitative estimate of drug-likeness (QED) is 0.526.